The molecule has 0 aliphatic rings. The molecule has 0 aromatic rings. The van der Waals surface area contributed by atoms with Crippen LogP contribution in [0.4, 0.5) is 0 Å². The summed E-state index contributed by atoms with van der Waals surface area (Å²) in [4.78, 5) is 0. The van der Waals surface area contributed by atoms with Crippen molar-refractivity contribution in [2.45, 2.75) is 32.5 Å². The lowest BCUT2D eigenvalue weighted by Gasteiger charge is -2.17. The van der Waals surface area contributed by atoms with Crippen LogP contribution in [0.25, 0.3) is 0 Å². The summed E-state index contributed by atoms with van der Waals surface area (Å²) in [5.74, 6) is 0. The number of nitrogens with two attached hydrogens (primary N) is 1. The standard InChI is InChI=1S/C9H22N2O3P/c1-5-8(2)14-9(6-10)7-13-15(12)11(3)4/h8-9H,5-7,10H2,1-4H3/q+1. The van der Waals surface area contributed by atoms with Crippen molar-refractivity contribution in [1.82, 2.24) is 4.67 Å². The molecule has 0 aromatic heterocycles. The van der Waals surface area contributed by atoms with Crippen molar-refractivity contribution in [2.75, 3.05) is 27.2 Å². The third-order valence-corrected chi connectivity index (χ3v) is 2.98. The first-order chi connectivity index (χ1) is 7.01. The van der Waals surface area contributed by atoms with Gasteiger partial charge in [-0.25, -0.2) is 0 Å². The Bertz CT molecular complexity index is 190. The van der Waals surface area contributed by atoms with Crippen molar-refractivity contribution < 1.29 is 13.8 Å². The van der Waals surface area contributed by atoms with Gasteiger partial charge in [0.25, 0.3) is 0 Å². The van der Waals surface area contributed by atoms with E-state index in [1.54, 1.807) is 14.1 Å². The molecule has 0 rings (SSSR count). The SMILES string of the molecule is CCC(C)OC(CN)CO[P+](=O)N(C)C. The van der Waals surface area contributed by atoms with E-state index in [1.807, 2.05) is 13.8 Å². The molecule has 0 aliphatic carbocycles. The van der Waals surface area contributed by atoms with E-state index in [2.05, 4.69) is 0 Å². The van der Waals surface area contributed by atoms with Gasteiger partial charge in [0, 0.05) is 20.6 Å². The number of hydrogen-bond acceptors (Lipinski definition) is 4. The molecule has 0 bridgehead atoms. The van der Waals surface area contributed by atoms with E-state index in [-0.39, 0.29) is 18.8 Å². The Morgan fingerprint density at radius 1 is 1.47 bits per heavy atom. The van der Waals surface area contributed by atoms with Crippen molar-refractivity contribution >= 4 is 8.18 Å². The van der Waals surface area contributed by atoms with Crippen LogP contribution in [0.1, 0.15) is 20.3 Å². The summed E-state index contributed by atoms with van der Waals surface area (Å²) < 4.78 is 23.5. The largest absolute Gasteiger partial charge is 0.615 e. The van der Waals surface area contributed by atoms with E-state index < -0.39 is 8.18 Å². The van der Waals surface area contributed by atoms with Crippen LogP contribution in [0, 0.1) is 0 Å². The molecule has 5 nitrogen and oxygen atoms in total. The summed E-state index contributed by atoms with van der Waals surface area (Å²) in [6.07, 6.45) is 0.897. The van der Waals surface area contributed by atoms with Crippen LogP contribution in [-0.2, 0) is 13.8 Å². The highest BCUT2D eigenvalue weighted by atomic mass is 31.1. The van der Waals surface area contributed by atoms with Crippen LogP contribution in [0.2, 0.25) is 0 Å². The molecule has 0 aromatic carbocycles. The minimum absolute atomic E-state index is 0.152. The van der Waals surface area contributed by atoms with Crippen molar-refractivity contribution in [1.29, 1.82) is 0 Å². The molecule has 3 atom stereocenters. The van der Waals surface area contributed by atoms with Gasteiger partial charge in [-0.15, -0.1) is 4.52 Å². The van der Waals surface area contributed by atoms with Gasteiger partial charge >= 0.3 is 8.18 Å². The zero-order chi connectivity index (χ0) is 11.8. The number of ether oxygens (including phenoxy) is 1. The van der Waals surface area contributed by atoms with Gasteiger partial charge in [-0.05, 0) is 17.9 Å². The number of nitrogens with zero attached hydrogens (tertiary/aromatic N) is 1. The fourth-order valence-electron chi connectivity index (χ4n) is 0.850. The summed E-state index contributed by atoms with van der Waals surface area (Å²) in [6.45, 7) is 4.67. The minimum Gasteiger partial charge on any atom is -0.371 e. The lowest BCUT2D eigenvalue weighted by molar-refractivity contribution is -0.0211. The second kappa shape index (κ2) is 8.13. The summed E-state index contributed by atoms with van der Waals surface area (Å²) in [5, 5.41) is 0. The summed E-state index contributed by atoms with van der Waals surface area (Å²) >= 11 is 0. The van der Waals surface area contributed by atoms with Gasteiger partial charge < -0.3 is 10.5 Å². The quantitative estimate of drug-likeness (QED) is 0.646. The van der Waals surface area contributed by atoms with E-state index in [4.69, 9.17) is 15.0 Å². The molecule has 0 radical (unpaired) electrons. The fraction of sp³-hybridized carbons (Fsp3) is 1.00. The molecule has 0 amide bonds. The van der Waals surface area contributed by atoms with Gasteiger partial charge in [0.15, 0.2) is 0 Å². The first kappa shape index (κ1) is 14.9. The average molecular weight is 237 g/mol. The topological polar surface area (TPSA) is 64.8 Å². The van der Waals surface area contributed by atoms with Gasteiger partial charge in [-0.2, -0.15) is 0 Å². The van der Waals surface area contributed by atoms with Crippen LogP contribution in [0.15, 0.2) is 0 Å². The maximum absolute atomic E-state index is 11.3. The highest BCUT2D eigenvalue weighted by molar-refractivity contribution is 7.36. The second-order valence-corrected chi connectivity index (χ2v) is 5.13. The van der Waals surface area contributed by atoms with E-state index in [9.17, 15) is 4.57 Å². The molecule has 0 spiro atoms. The van der Waals surface area contributed by atoms with Gasteiger partial charge in [0.05, 0.1) is 12.2 Å². The number of rotatable bonds is 8. The van der Waals surface area contributed by atoms with Crippen molar-refractivity contribution in [3.05, 3.63) is 0 Å². The molecule has 0 saturated carbocycles. The zero-order valence-corrected chi connectivity index (χ0v) is 10.9. The Hall–Kier alpha value is -0.0600. The Labute approximate surface area is 92.8 Å². The molecular weight excluding hydrogens is 215 g/mol. The highest BCUT2D eigenvalue weighted by Gasteiger charge is 2.24. The molecule has 3 unspecified atom stereocenters. The third kappa shape index (κ3) is 6.93. The van der Waals surface area contributed by atoms with Crippen molar-refractivity contribution in [3.63, 3.8) is 0 Å². The third-order valence-electron chi connectivity index (χ3n) is 1.96. The van der Waals surface area contributed by atoms with E-state index >= 15 is 0 Å². The molecule has 0 heterocycles. The summed E-state index contributed by atoms with van der Waals surface area (Å²) in [6, 6.07) is 0. The Balaban J connectivity index is 3.84. The Kier molecular flexibility index (Phi) is 8.10. The molecule has 90 valence electrons. The Morgan fingerprint density at radius 3 is 2.47 bits per heavy atom. The maximum atomic E-state index is 11.3. The zero-order valence-electron chi connectivity index (χ0n) is 9.97. The number of hydrogen-bond donors (Lipinski definition) is 1. The molecule has 15 heavy (non-hydrogen) atoms. The highest BCUT2D eigenvalue weighted by Crippen LogP contribution is 2.24. The fourth-order valence-corrected chi connectivity index (χ4v) is 1.37. The van der Waals surface area contributed by atoms with E-state index in [0.717, 1.165) is 6.42 Å². The molecule has 6 heteroatoms. The Morgan fingerprint density at radius 2 is 2.07 bits per heavy atom. The monoisotopic (exact) mass is 237 g/mol. The maximum Gasteiger partial charge on any atom is 0.615 e. The molecule has 0 fully saturated rings. The smallest absolute Gasteiger partial charge is 0.371 e. The van der Waals surface area contributed by atoms with Crippen LogP contribution < -0.4 is 5.73 Å². The first-order valence-corrected chi connectivity index (χ1v) is 6.27. The van der Waals surface area contributed by atoms with Gasteiger partial charge in [0.1, 0.15) is 6.61 Å². The lowest BCUT2D eigenvalue weighted by atomic mass is 10.3. The van der Waals surface area contributed by atoms with Gasteiger partial charge in [-0.1, -0.05) is 11.6 Å². The lowest BCUT2D eigenvalue weighted by Crippen LogP contribution is -2.31. The van der Waals surface area contributed by atoms with Crippen LogP contribution in [0.5, 0.6) is 0 Å². The van der Waals surface area contributed by atoms with E-state index in [0.29, 0.717) is 6.54 Å². The average Bonchev–Trinajstić information content (AvgIpc) is 2.22. The first-order valence-electron chi connectivity index (χ1n) is 5.14. The molecule has 0 aliphatic heterocycles. The predicted octanol–water partition coefficient (Wildman–Crippen LogP) is 1.36. The van der Waals surface area contributed by atoms with Crippen LogP contribution in [-0.4, -0.2) is 44.1 Å². The van der Waals surface area contributed by atoms with Crippen molar-refractivity contribution in [2.24, 2.45) is 5.73 Å². The van der Waals surface area contributed by atoms with Gasteiger partial charge in [-0.3, -0.25) is 0 Å². The molecule has 0 saturated heterocycles. The molecular formula is C9H22N2O3P+. The summed E-state index contributed by atoms with van der Waals surface area (Å²) in [7, 11) is 1.64. The van der Waals surface area contributed by atoms with Crippen LogP contribution in [0.3, 0.4) is 0 Å². The second-order valence-electron chi connectivity index (χ2n) is 3.59. The van der Waals surface area contributed by atoms with Crippen LogP contribution >= 0.6 is 8.18 Å². The summed E-state index contributed by atoms with van der Waals surface area (Å²) in [5.41, 5.74) is 5.52. The normalized spacial score (nSPS) is 16.5. The predicted molar refractivity (Wildman–Crippen MR) is 60.9 cm³/mol. The van der Waals surface area contributed by atoms with Crippen molar-refractivity contribution in [3.8, 4) is 0 Å². The minimum atomic E-state index is -1.76. The molecule has 2 N–H and O–H groups in total. The van der Waals surface area contributed by atoms with Gasteiger partial charge in [0.2, 0.25) is 0 Å². The van der Waals surface area contributed by atoms with E-state index in [1.165, 1.54) is 4.67 Å².